The molecule has 3 rings (SSSR count). The van der Waals surface area contributed by atoms with Gasteiger partial charge >= 0.3 is 7.32 Å². The van der Waals surface area contributed by atoms with E-state index in [0.717, 1.165) is 0 Å². The Kier molecular flexibility index (Phi) is 14.4. The lowest BCUT2D eigenvalue weighted by Gasteiger charge is -2.17. The molecular formula is C30H39BO9. The molecule has 0 amide bonds. The van der Waals surface area contributed by atoms with Crippen LogP contribution in [0.2, 0.25) is 0 Å². The Hall–Kier alpha value is -3.60. The van der Waals surface area contributed by atoms with Crippen LogP contribution in [-0.4, -0.2) is 66.8 Å². The fourth-order valence-electron chi connectivity index (χ4n) is 3.34. The molecule has 0 fully saturated rings. The highest BCUT2D eigenvalue weighted by Gasteiger charge is 2.30. The van der Waals surface area contributed by atoms with Crippen LogP contribution in [-0.2, 0) is 14.2 Å². The van der Waals surface area contributed by atoms with Gasteiger partial charge in [0.1, 0.15) is 54.3 Å². The molecule has 9 nitrogen and oxygen atoms in total. The molecule has 0 aromatic heterocycles. The summed E-state index contributed by atoms with van der Waals surface area (Å²) >= 11 is 0. The second kappa shape index (κ2) is 18.6. The van der Waals surface area contributed by atoms with Gasteiger partial charge in [-0.25, -0.2) is 0 Å². The Morgan fingerprint density at radius 2 is 0.625 bits per heavy atom. The van der Waals surface area contributed by atoms with Gasteiger partial charge in [-0.15, -0.1) is 0 Å². The Bertz CT molecular complexity index is 910. The van der Waals surface area contributed by atoms with E-state index in [0.29, 0.717) is 94.0 Å². The molecule has 3 aromatic rings. The summed E-state index contributed by atoms with van der Waals surface area (Å²) in [6, 6.07) is 21.7. The van der Waals surface area contributed by atoms with Gasteiger partial charge in [0.05, 0.1) is 19.8 Å². The van der Waals surface area contributed by atoms with Crippen molar-refractivity contribution in [2.75, 3.05) is 59.5 Å². The van der Waals surface area contributed by atoms with Crippen LogP contribution in [0.3, 0.4) is 0 Å². The highest BCUT2D eigenvalue weighted by Crippen LogP contribution is 2.24. The lowest BCUT2D eigenvalue weighted by Crippen LogP contribution is -2.36. The minimum absolute atomic E-state index is 0.472. The average Bonchev–Trinajstić information content (AvgIpc) is 2.98. The fourth-order valence-corrected chi connectivity index (χ4v) is 3.34. The third-order valence-electron chi connectivity index (χ3n) is 5.27. The first-order chi connectivity index (χ1) is 19.7. The zero-order valence-electron chi connectivity index (χ0n) is 23.5. The van der Waals surface area contributed by atoms with Crippen LogP contribution in [0.4, 0.5) is 0 Å². The van der Waals surface area contributed by atoms with E-state index in [4.69, 9.17) is 42.4 Å². The van der Waals surface area contributed by atoms with E-state index in [-0.39, 0.29) is 0 Å². The smallest absolute Gasteiger partial charge is 0.491 e. The predicted molar refractivity (Wildman–Crippen MR) is 153 cm³/mol. The normalized spacial score (nSPS) is 10.6. The molecule has 0 heterocycles. The number of rotatable bonds is 21. The van der Waals surface area contributed by atoms with E-state index in [1.54, 1.807) is 36.4 Å². The third-order valence-corrected chi connectivity index (χ3v) is 5.27. The van der Waals surface area contributed by atoms with Crippen molar-refractivity contribution >= 4 is 7.32 Å². The second-order valence-corrected chi connectivity index (χ2v) is 8.19. The lowest BCUT2D eigenvalue weighted by atomic mass is 10.2. The minimum Gasteiger partial charge on any atom is -0.491 e. The summed E-state index contributed by atoms with van der Waals surface area (Å²) in [4.78, 5) is 0. The van der Waals surface area contributed by atoms with Crippen molar-refractivity contribution in [1.82, 2.24) is 0 Å². The van der Waals surface area contributed by atoms with Crippen LogP contribution in [0.5, 0.6) is 34.5 Å². The third kappa shape index (κ3) is 12.1. The molecule has 3 aromatic carbocycles. The standard InChI is InChI=1S/C30H39BO9/c1-4-32-19-22-35-25-7-13-28(14-8-25)38-31(39-29-15-9-26(10-16-29)36-23-20-33-5-2)40-30-17-11-27(12-18-30)37-24-21-34-6-3/h7-18H,4-6,19-24H2,1-3H3. The SMILES string of the molecule is CCOCCOc1ccc(OB(Oc2ccc(OCCOCC)cc2)Oc2ccc(OCCOCC)cc2)cc1. The highest BCUT2D eigenvalue weighted by atomic mass is 16.7. The molecule has 0 aliphatic carbocycles. The van der Waals surface area contributed by atoms with Gasteiger partial charge < -0.3 is 42.4 Å². The summed E-state index contributed by atoms with van der Waals surface area (Å²) < 4.78 is 51.1. The van der Waals surface area contributed by atoms with Crippen LogP contribution in [0.15, 0.2) is 72.8 Å². The van der Waals surface area contributed by atoms with Crippen LogP contribution >= 0.6 is 0 Å². The van der Waals surface area contributed by atoms with Gasteiger partial charge in [0.2, 0.25) is 0 Å². The van der Waals surface area contributed by atoms with Gasteiger partial charge in [-0.05, 0) is 93.6 Å². The first kappa shape index (κ1) is 30.9. The van der Waals surface area contributed by atoms with Crippen molar-refractivity contribution in [3.63, 3.8) is 0 Å². The van der Waals surface area contributed by atoms with E-state index in [1.807, 2.05) is 57.2 Å². The number of ether oxygens (including phenoxy) is 6. The van der Waals surface area contributed by atoms with Crippen molar-refractivity contribution in [1.29, 1.82) is 0 Å². The quantitative estimate of drug-likeness (QED) is 0.126. The van der Waals surface area contributed by atoms with Gasteiger partial charge in [0.15, 0.2) is 0 Å². The summed E-state index contributed by atoms with van der Waals surface area (Å²) in [5.41, 5.74) is 0. The average molecular weight is 554 g/mol. The van der Waals surface area contributed by atoms with Crippen molar-refractivity contribution in [2.24, 2.45) is 0 Å². The van der Waals surface area contributed by atoms with Crippen molar-refractivity contribution in [2.45, 2.75) is 20.8 Å². The number of hydrogen-bond donors (Lipinski definition) is 0. The topological polar surface area (TPSA) is 83.1 Å². The largest absolute Gasteiger partial charge is 0.864 e. The molecule has 0 saturated carbocycles. The summed E-state index contributed by atoms with van der Waals surface area (Å²) in [6.07, 6.45) is 0. The molecule has 0 radical (unpaired) electrons. The van der Waals surface area contributed by atoms with E-state index in [2.05, 4.69) is 0 Å². The molecule has 40 heavy (non-hydrogen) atoms. The Morgan fingerprint density at radius 1 is 0.375 bits per heavy atom. The van der Waals surface area contributed by atoms with Gasteiger partial charge in [0, 0.05) is 19.8 Å². The molecule has 0 saturated heterocycles. The first-order valence-electron chi connectivity index (χ1n) is 13.6. The monoisotopic (exact) mass is 554 g/mol. The Labute approximate surface area is 237 Å². The molecule has 0 bridgehead atoms. The zero-order chi connectivity index (χ0) is 28.3. The molecule has 0 spiro atoms. The van der Waals surface area contributed by atoms with E-state index in [9.17, 15) is 0 Å². The van der Waals surface area contributed by atoms with E-state index >= 15 is 0 Å². The van der Waals surface area contributed by atoms with Gasteiger partial charge in [0.25, 0.3) is 0 Å². The maximum Gasteiger partial charge on any atom is 0.864 e. The summed E-state index contributed by atoms with van der Waals surface area (Å²) in [5, 5.41) is 0. The lowest BCUT2D eigenvalue weighted by molar-refractivity contribution is 0.110. The first-order valence-corrected chi connectivity index (χ1v) is 13.6. The highest BCUT2D eigenvalue weighted by molar-refractivity contribution is 6.39. The van der Waals surface area contributed by atoms with Crippen LogP contribution in [0, 0.1) is 0 Å². The molecule has 0 atom stereocenters. The van der Waals surface area contributed by atoms with Crippen LogP contribution < -0.4 is 28.2 Å². The predicted octanol–water partition coefficient (Wildman–Crippen LogP) is 5.45. The van der Waals surface area contributed by atoms with Crippen LogP contribution in [0.25, 0.3) is 0 Å². The maximum absolute atomic E-state index is 6.04. The Balaban J connectivity index is 1.62. The second-order valence-electron chi connectivity index (χ2n) is 8.19. The maximum atomic E-state index is 6.04. The summed E-state index contributed by atoms with van der Waals surface area (Å²) in [6.45, 7) is 10.8. The van der Waals surface area contributed by atoms with E-state index < -0.39 is 7.32 Å². The van der Waals surface area contributed by atoms with Gasteiger partial charge in [-0.3, -0.25) is 0 Å². The molecule has 0 unspecified atom stereocenters. The van der Waals surface area contributed by atoms with Crippen LogP contribution in [0.1, 0.15) is 20.8 Å². The van der Waals surface area contributed by atoms with Crippen molar-refractivity contribution < 1.29 is 42.4 Å². The van der Waals surface area contributed by atoms with Gasteiger partial charge in [-0.2, -0.15) is 0 Å². The molecular weight excluding hydrogens is 515 g/mol. The molecule has 0 aliphatic rings. The summed E-state index contributed by atoms with van der Waals surface area (Å²) in [5.74, 6) is 3.79. The number of hydrogen-bond acceptors (Lipinski definition) is 9. The fraction of sp³-hybridized carbons (Fsp3) is 0.400. The number of benzene rings is 3. The van der Waals surface area contributed by atoms with Gasteiger partial charge in [-0.1, -0.05) is 0 Å². The van der Waals surface area contributed by atoms with E-state index in [1.165, 1.54) is 0 Å². The minimum atomic E-state index is -1.07. The molecule has 216 valence electrons. The summed E-state index contributed by atoms with van der Waals surface area (Å²) in [7, 11) is -1.07. The molecule has 0 N–H and O–H groups in total. The molecule has 0 aliphatic heterocycles. The molecule has 10 heteroatoms. The Morgan fingerprint density at radius 3 is 0.875 bits per heavy atom. The zero-order valence-corrected chi connectivity index (χ0v) is 23.5. The van der Waals surface area contributed by atoms with Crippen molar-refractivity contribution in [3.8, 4) is 34.5 Å². The van der Waals surface area contributed by atoms with Crippen molar-refractivity contribution in [3.05, 3.63) is 72.8 Å².